The van der Waals surface area contributed by atoms with Gasteiger partial charge in [0, 0.05) is 27.4 Å². The van der Waals surface area contributed by atoms with E-state index in [0.29, 0.717) is 38.9 Å². The van der Waals surface area contributed by atoms with E-state index < -0.39 is 28.9 Å². The molecule has 0 bridgehead atoms. The molecule has 2 aromatic carbocycles. The van der Waals surface area contributed by atoms with Crippen molar-refractivity contribution in [2.75, 3.05) is 6.26 Å². The number of carbonyl (C=O) groups is 2. The van der Waals surface area contributed by atoms with Gasteiger partial charge in [-0.1, -0.05) is 70.6 Å². The summed E-state index contributed by atoms with van der Waals surface area (Å²) in [7, 11) is -1.68. The van der Waals surface area contributed by atoms with Gasteiger partial charge in [0.1, 0.15) is 23.8 Å². The second kappa shape index (κ2) is 12.9. The lowest BCUT2D eigenvalue weighted by Crippen LogP contribution is -2.58. The maximum Gasteiger partial charge on any atom is 0.255 e. The van der Waals surface area contributed by atoms with Crippen LogP contribution in [0.4, 0.5) is 0 Å². The predicted molar refractivity (Wildman–Crippen MR) is 159 cm³/mol. The van der Waals surface area contributed by atoms with E-state index in [4.69, 9.17) is 28.0 Å². The lowest BCUT2D eigenvalue weighted by Gasteiger charge is -2.48. The van der Waals surface area contributed by atoms with E-state index >= 15 is 0 Å². The van der Waals surface area contributed by atoms with Crippen LogP contribution in [0.2, 0.25) is 10.0 Å². The maximum atomic E-state index is 14.3. The van der Waals surface area contributed by atoms with Gasteiger partial charge in [-0.05, 0) is 48.2 Å². The fourth-order valence-electron chi connectivity index (χ4n) is 5.93. The molecule has 0 spiro atoms. The zero-order valence-corrected chi connectivity index (χ0v) is 24.7. The van der Waals surface area contributed by atoms with Gasteiger partial charge in [-0.15, -0.1) is 4.72 Å². The highest BCUT2D eigenvalue weighted by atomic mass is 35.5. The Morgan fingerprint density at radius 2 is 1.83 bits per heavy atom. The van der Waals surface area contributed by atoms with Gasteiger partial charge in [0.2, 0.25) is 5.56 Å². The number of benzene rings is 2. The summed E-state index contributed by atoms with van der Waals surface area (Å²) in [6.07, 6.45) is 4.83. The fraction of sp³-hybridized carbons (Fsp3) is 0.345. The molecule has 2 heterocycles. The molecule has 1 unspecified atom stereocenters. The fourth-order valence-corrected chi connectivity index (χ4v) is 7.21. The molecule has 0 radical (unpaired) electrons. The summed E-state index contributed by atoms with van der Waals surface area (Å²) in [5.74, 6) is -1.60. The average molecular weight is 619 g/mol. The summed E-state index contributed by atoms with van der Waals surface area (Å²) in [5.41, 5.74) is 4.26. The number of fused-ring (bicyclic) bond motifs is 1. The molecule has 12 heteroatoms. The van der Waals surface area contributed by atoms with E-state index in [0.717, 1.165) is 19.3 Å². The zero-order valence-electron chi connectivity index (χ0n) is 22.3. The number of aromatic amines is 1. The van der Waals surface area contributed by atoms with Crippen LogP contribution < -0.4 is 15.8 Å². The minimum atomic E-state index is -1.68. The second-order valence-electron chi connectivity index (χ2n) is 10.3. The van der Waals surface area contributed by atoms with Gasteiger partial charge < -0.3 is 9.88 Å². The monoisotopic (exact) mass is 617 g/mol. The van der Waals surface area contributed by atoms with Crippen LogP contribution in [0.3, 0.4) is 0 Å². The number of rotatable bonds is 8. The van der Waals surface area contributed by atoms with Gasteiger partial charge >= 0.3 is 0 Å². The predicted octanol–water partition coefficient (Wildman–Crippen LogP) is 4.35. The maximum absolute atomic E-state index is 14.3. The van der Waals surface area contributed by atoms with Gasteiger partial charge in [0.15, 0.2) is 0 Å². The van der Waals surface area contributed by atoms with Crippen LogP contribution in [0.15, 0.2) is 65.5 Å². The Kier molecular flexibility index (Phi) is 9.25. The number of thiol groups is 1. The summed E-state index contributed by atoms with van der Waals surface area (Å²) in [5, 5.41) is 0.747. The molecular weight excluding hydrogens is 587 g/mol. The molecule has 3 aromatic rings. The third-order valence-corrected chi connectivity index (χ3v) is 8.86. The lowest BCUT2D eigenvalue weighted by atomic mass is 9.76. The number of nitrogens with one attached hydrogen (secondary N) is 3. The van der Waals surface area contributed by atoms with Gasteiger partial charge in [0.25, 0.3) is 11.8 Å². The number of carbonyl (C=O) groups excluding carboxylic acids is 2. The molecule has 1 saturated carbocycles. The molecule has 1 aliphatic heterocycles. The van der Waals surface area contributed by atoms with Crippen LogP contribution in [0.1, 0.15) is 64.8 Å². The first-order chi connectivity index (χ1) is 19.7. The van der Waals surface area contributed by atoms with Crippen molar-refractivity contribution in [3.05, 3.63) is 103 Å². The normalized spacial score (nSPS) is 23.1. The number of nitrogens with zero attached hydrogens (tertiary/aromatic N) is 1. The number of H-pyrrole nitrogens is 1. The molecule has 2 aliphatic rings. The summed E-state index contributed by atoms with van der Waals surface area (Å²) in [6.45, 7) is -0.0661. The summed E-state index contributed by atoms with van der Waals surface area (Å²) >= 11 is 13.0. The van der Waals surface area contributed by atoms with E-state index in [2.05, 4.69) is 15.2 Å². The molecule has 1 aromatic heterocycles. The number of hydrogen-bond acceptors (Lipinski definition) is 5. The van der Waals surface area contributed by atoms with Crippen molar-refractivity contribution >= 4 is 46.0 Å². The molecule has 0 saturated heterocycles. The van der Waals surface area contributed by atoms with Gasteiger partial charge in [-0.2, -0.15) is 0 Å². The zero-order chi connectivity index (χ0) is 29.1. The summed E-state index contributed by atoms with van der Waals surface area (Å²) < 4.78 is 15.5. The molecule has 2 amide bonds. The SMILES string of the molecule is C[SH+](=O)N[C@H]1CCCC[C@@H]1N1C(=O)c2ccccc2[C@@H](C(=O)NOCc2cccc(=O)[nH]2)[C@@H]1c1ccc(Cl)cc1Cl. The Balaban J connectivity index is 1.58. The molecule has 216 valence electrons. The highest BCUT2D eigenvalue weighted by Crippen LogP contribution is 2.47. The van der Waals surface area contributed by atoms with E-state index in [-0.39, 0.29) is 30.2 Å². The van der Waals surface area contributed by atoms with Crippen LogP contribution in [-0.2, 0) is 31.4 Å². The van der Waals surface area contributed by atoms with Crippen molar-refractivity contribution < 1.29 is 18.6 Å². The number of amides is 2. The lowest BCUT2D eigenvalue weighted by molar-refractivity contribution is -0.138. The number of aromatic nitrogens is 1. The van der Waals surface area contributed by atoms with Crippen molar-refractivity contribution in [3.8, 4) is 0 Å². The molecule has 1 fully saturated rings. The Morgan fingerprint density at radius 1 is 1.05 bits per heavy atom. The van der Waals surface area contributed by atoms with E-state index in [1.807, 2.05) is 0 Å². The average Bonchev–Trinajstić information content (AvgIpc) is 2.93. The first kappa shape index (κ1) is 29.5. The molecule has 3 N–H and O–H groups in total. The van der Waals surface area contributed by atoms with E-state index in [1.165, 1.54) is 6.07 Å². The largest absolute Gasteiger partial charge is 0.326 e. The van der Waals surface area contributed by atoms with Crippen molar-refractivity contribution in [1.29, 1.82) is 0 Å². The Bertz CT molecular complexity index is 1530. The quantitative estimate of drug-likeness (QED) is 0.197. The van der Waals surface area contributed by atoms with Gasteiger partial charge in [0.05, 0.1) is 24.0 Å². The molecular formula is C29H31Cl2N4O5S+. The Morgan fingerprint density at radius 3 is 2.59 bits per heavy atom. The van der Waals surface area contributed by atoms with Crippen LogP contribution in [0.25, 0.3) is 0 Å². The third-order valence-electron chi connectivity index (χ3n) is 7.60. The molecule has 41 heavy (non-hydrogen) atoms. The van der Waals surface area contributed by atoms with Crippen LogP contribution in [-0.4, -0.2) is 40.0 Å². The Labute approximate surface area is 250 Å². The van der Waals surface area contributed by atoms with E-state index in [1.54, 1.807) is 65.8 Å². The van der Waals surface area contributed by atoms with Gasteiger partial charge in [-0.3, -0.25) is 19.2 Å². The number of halogens is 2. The highest BCUT2D eigenvalue weighted by Gasteiger charge is 2.49. The van der Waals surface area contributed by atoms with Crippen molar-refractivity contribution in [3.63, 3.8) is 0 Å². The molecule has 5 rings (SSSR count). The second-order valence-corrected chi connectivity index (χ2v) is 12.4. The van der Waals surface area contributed by atoms with E-state index in [9.17, 15) is 18.6 Å². The molecule has 1 aliphatic carbocycles. The smallest absolute Gasteiger partial charge is 0.255 e. The standard InChI is InChI=1S/C29H30Cl2N4O5S/c1-41(39)34-23-10-4-5-11-24(23)35-27(21-14-13-17(30)15-22(21)31)26(19-8-2-3-9-20(19)29(35)38)28(37)33-40-16-18-7-6-12-25(36)32-18/h2-3,6-9,12-15,23-24,26-27H,4-5,10-11,16H2,1H3,(H,32,36)(H,33,37)(H,34,39)/p+1/t23-,24-,26+,27-,41?/m0/s1. The minimum absolute atomic E-state index is 0.0661. The topological polar surface area (TPSA) is 121 Å². The molecule has 9 nitrogen and oxygen atoms in total. The highest BCUT2D eigenvalue weighted by molar-refractivity contribution is 7.82. The number of hydroxylamine groups is 1. The van der Waals surface area contributed by atoms with Crippen LogP contribution in [0.5, 0.6) is 0 Å². The van der Waals surface area contributed by atoms with Crippen LogP contribution in [0, 0.1) is 0 Å². The van der Waals surface area contributed by atoms with Crippen LogP contribution >= 0.6 is 23.2 Å². The van der Waals surface area contributed by atoms with Crippen molar-refractivity contribution in [1.82, 2.24) is 20.1 Å². The van der Waals surface area contributed by atoms with Crippen molar-refractivity contribution in [2.24, 2.45) is 0 Å². The number of pyridine rings is 1. The Hall–Kier alpha value is -3.02. The molecule has 5 atom stereocenters. The van der Waals surface area contributed by atoms with Gasteiger partial charge in [-0.25, -0.2) is 5.48 Å². The number of hydrogen-bond donors (Lipinski definition) is 3. The first-order valence-corrected chi connectivity index (χ1v) is 15.8. The third kappa shape index (κ3) is 6.42. The minimum Gasteiger partial charge on any atom is -0.326 e. The first-order valence-electron chi connectivity index (χ1n) is 13.4. The summed E-state index contributed by atoms with van der Waals surface area (Å²) in [6, 6.07) is 15.3. The summed E-state index contributed by atoms with van der Waals surface area (Å²) in [4.78, 5) is 49.9. The van der Waals surface area contributed by atoms with Crippen molar-refractivity contribution in [2.45, 2.75) is 56.3 Å².